The van der Waals surface area contributed by atoms with E-state index in [-0.39, 0.29) is 15.7 Å². The SMILES string of the molecule is CC(C)C(O)C#Cc1cc([N+](=O)[O-])c(C(=O)O)s1. The van der Waals surface area contributed by atoms with Gasteiger partial charge in [0.2, 0.25) is 0 Å². The topological polar surface area (TPSA) is 101 Å². The Labute approximate surface area is 107 Å². The van der Waals surface area contributed by atoms with Crippen LogP contribution in [-0.2, 0) is 0 Å². The van der Waals surface area contributed by atoms with Gasteiger partial charge in [-0.1, -0.05) is 25.7 Å². The van der Waals surface area contributed by atoms with Crippen LogP contribution in [0.25, 0.3) is 0 Å². The molecule has 6 nitrogen and oxygen atoms in total. The number of carboxylic acid groups (broad SMARTS) is 1. The lowest BCUT2D eigenvalue weighted by molar-refractivity contribution is -0.384. The molecule has 7 heteroatoms. The normalized spacial score (nSPS) is 11.8. The molecule has 1 unspecified atom stereocenters. The van der Waals surface area contributed by atoms with Crippen molar-refractivity contribution >= 4 is 23.0 Å². The number of nitrogens with zero attached hydrogens (tertiary/aromatic N) is 1. The summed E-state index contributed by atoms with van der Waals surface area (Å²) < 4.78 is 0. The maximum atomic E-state index is 10.8. The molecule has 0 saturated heterocycles. The standard InChI is InChI=1S/C11H11NO5S/c1-6(2)9(13)4-3-7-5-8(12(16)17)10(18-7)11(14)15/h5-6,9,13H,1-2H3,(H,14,15). The highest BCUT2D eigenvalue weighted by atomic mass is 32.1. The quantitative estimate of drug-likeness (QED) is 0.494. The van der Waals surface area contributed by atoms with Crippen LogP contribution in [0.15, 0.2) is 6.07 Å². The van der Waals surface area contributed by atoms with E-state index < -0.39 is 22.7 Å². The maximum Gasteiger partial charge on any atom is 0.353 e. The molecule has 0 aliphatic heterocycles. The van der Waals surface area contributed by atoms with Crippen LogP contribution in [-0.4, -0.2) is 27.2 Å². The lowest BCUT2D eigenvalue weighted by atomic mass is 10.1. The van der Waals surface area contributed by atoms with Crippen molar-refractivity contribution in [1.82, 2.24) is 0 Å². The van der Waals surface area contributed by atoms with Crippen LogP contribution in [0.2, 0.25) is 0 Å². The predicted octanol–water partition coefficient (Wildman–Crippen LogP) is 1.72. The minimum absolute atomic E-state index is 0.0635. The van der Waals surface area contributed by atoms with Crippen molar-refractivity contribution in [2.24, 2.45) is 5.92 Å². The molecule has 0 radical (unpaired) electrons. The van der Waals surface area contributed by atoms with Crippen LogP contribution in [0.4, 0.5) is 5.69 Å². The van der Waals surface area contributed by atoms with Crippen molar-refractivity contribution in [3.05, 3.63) is 25.9 Å². The van der Waals surface area contributed by atoms with Crippen LogP contribution in [0, 0.1) is 27.9 Å². The van der Waals surface area contributed by atoms with Crippen molar-refractivity contribution in [3.63, 3.8) is 0 Å². The largest absolute Gasteiger partial charge is 0.477 e. The van der Waals surface area contributed by atoms with Crippen molar-refractivity contribution < 1.29 is 19.9 Å². The molecule has 0 bridgehead atoms. The number of hydrogen-bond donors (Lipinski definition) is 2. The first-order valence-electron chi connectivity index (χ1n) is 5.04. The molecule has 0 saturated carbocycles. The fraction of sp³-hybridized carbons (Fsp3) is 0.364. The Morgan fingerprint density at radius 2 is 2.17 bits per heavy atom. The highest BCUT2D eigenvalue weighted by molar-refractivity contribution is 7.15. The fourth-order valence-corrected chi connectivity index (χ4v) is 1.87. The summed E-state index contributed by atoms with van der Waals surface area (Å²) in [5, 5.41) is 28.9. The van der Waals surface area contributed by atoms with Crippen LogP contribution >= 0.6 is 11.3 Å². The highest BCUT2D eigenvalue weighted by Gasteiger charge is 2.23. The summed E-state index contributed by atoms with van der Waals surface area (Å²) in [6.45, 7) is 3.55. The summed E-state index contributed by atoms with van der Waals surface area (Å²) in [6.07, 6.45) is -0.848. The summed E-state index contributed by atoms with van der Waals surface area (Å²) in [5.74, 6) is 3.64. The van der Waals surface area contributed by atoms with Crippen molar-refractivity contribution in [2.45, 2.75) is 20.0 Å². The second-order valence-electron chi connectivity index (χ2n) is 3.85. The number of carbonyl (C=O) groups is 1. The fourth-order valence-electron chi connectivity index (χ4n) is 1.04. The molecular formula is C11H11NO5S. The molecule has 1 aromatic heterocycles. The first kappa shape index (κ1) is 14.2. The summed E-state index contributed by atoms with van der Waals surface area (Å²) in [6, 6.07) is 1.11. The van der Waals surface area contributed by atoms with E-state index in [1.807, 2.05) is 0 Å². The zero-order valence-corrected chi connectivity index (χ0v) is 10.5. The third-order valence-corrected chi connectivity index (χ3v) is 3.11. The molecular weight excluding hydrogens is 258 g/mol. The molecule has 18 heavy (non-hydrogen) atoms. The summed E-state index contributed by atoms with van der Waals surface area (Å²) >= 11 is 0.724. The Morgan fingerprint density at radius 3 is 2.56 bits per heavy atom. The lowest BCUT2D eigenvalue weighted by Gasteiger charge is -2.04. The molecule has 0 aliphatic carbocycles. The van der Waals surface area contributed by atoms with Crippen molar-refractivity contribution in [2.75, 3.05) is 0 Å². The maximum absolute atomic E-state index is 10.8. The monoisotopic (exact) mass is 269 g/mol. The van der Waals surface area contributed by atoms with Gasteiger partial charge in [-0.25, -0.2) is 4.79 Å². The van der Waals surface area contributed by atoms with Gasteiger partial charge in [0.1, 0.15) is 6.10 Å². The van der Waals surface area contributed by atoms with Gasteiger partial charge in [-0.3, -0.25) is 10.1 Å². The number of hydrogen-bond acceptors (Lipinski definition) is 5. The van der Waals surface area contributed by atoms with Gasteiger partial charge >= 0.3 is 5.97 Å². The van der Waals surface area contributed by atoms with Gasteiger partial charge in [0.15, 0.2) is 4.88 Å². The van der Waals surface area contributed by atoms with E-state index in [2.05, 4.69) is 11.8 Å². The van der Waals surface area contributed by atoms with Crippen molar-refractivity contribution in [3.8, 4) is 11.8 Å². The lowest BCUT2D eigenvalue weighted by Crippen LogP contribution is -2.11. The average molecular weight is 269 g/mol. The molecule has 1 aromatic rings. The zero-order chi connectivity index (χ0) is 13.9. The van der Waals surface area contributed by atoms with Gasteiger partial charge in [-0.2, -0.15) is 0 Å². The predicted molar refractivity (Wildman–Crippen MR) is 65.7 cm³/mol. The second kappa shape index (κ2) is 5.62. The molecule has 0 aliphatic rings. The Bertz CT molecular complexity index is 506. The minimum atomic E-state index is -1.36. The number of aromatic carboxylic acids is 1. The first-order valence-corrected chi connectivity index (χ1v) is 5.85. The van der Waals surface area contributed by atoms with Gasteiger partial charge in [0.25, 0.3) is 5.69 Å². The molecule has 0 spiro atoms. The smallest absolute Gasteiger partial charge is 0.353 e. The molecule has 1 rings (SSSR count). The first-order chi connectivity index (χ1) is 8.32. The van der Waals surface area contributed by atoms with Gasteiger partial charge < -0.3 is 10.2 Å². The van der Waals surface area contributed by atoms with Crippen molar-refractivity contribution in [1.29, 1.82) is 0 Å². The number of nitro groups is 1. The van der Waals surface area contributed by atoms with E-state index in [0.717, 1.165) is 17.4 Å². The van der Waals surface area contributed by atoms with E-state index in [1.165, 1.54) is 0 Å². The minimum Gasteiger partial charge on any atom is -0.477 e. The number of aliphatic hydroxyl groups excluding tert-OH is 1. The molecule has 2 N–H and O–H groups in total. The van der Waals surface area contributed by atoms with Gasteiger partial charge in [0, 0.05) is 6.07 Å². The zero-order valence-electron chi connectivity index (χ0n) is 9.71. The molecule has 1 heterocycles. The number of aliphatic hydroxyl groups is 1. The summed E-state index contributed by atoms with van der Waals surface area (Å²) in [7, 11) is 0. The van der Waals surface area contributed by atoms with Gasteiger partial charge in [0.05, 0.1) is 9.80 Å². The molecule has 0 fully saturated rings. The molecule has 0 amide bonds. The average Bonchev–Trinajstić information content (AvgIpc) is 2.69. The van der Waals surface area contributed by atoms with Crippen LogP contribution in [0.3, 0.4) is 0 Å². The van der Waals surface area contributed by atoms with Gasteiger partial charge in [-0.05, 0) is 5.92 Å². The molecule has 1 atom stereocenters. The Hall–Kier alpha value is -1.91. The third kappa shape index (κ3) is 3.29. The molecule has 0 aromatic carbocycles. The summed E-state index contributed by atoms with van der Waals surface area (Å²) in [5.41, 5.74) is -0.476. The van der Waals surface area contributed by atoms with E-state index in [4.69, 9.17) is 5.11 Å². The Kier molecular flexibility index (Phi) is 4.42. The van der Waals surface area contributed by atoms with Crippen LogP contribution in [0.1, 0.15) is 28.4 Å². The van der Waals surface area contributed by atoms with Crippen LogP contribution < -0.4 is 0 Å². The van der Waals surface area contributed by atoms with E-state index in [1.54, 1.807) is 13.8 Å². The molecule has 96 valence electrons. The number of thiophene rings is 1. The number of carboxylic acids is 1. The van der Waals surface area contributed by atoms with Gasteiger partial charge in [-0.15, -0.1) is 11.3 Å². The number of rotatable bonds is 3. The van der Waals surface area contributed by atoms with E-state index in [0.29, 0.717) is 0 Å². The summed E-state index contributed by atoms with van der Waals surface area (Å²) in [4.78, 5) is 20.6. The third-order valence-electron chi connectivity index (χ3n) is 2.08. The highest BCUT2D eigenvalue weighted by Crippen LogP contribution is 2.28. The van der Waals surface area contributed by atoms with E-state index in [9.17, 15) is 20.0 Å². The second-order valence-corrected chi connectivity index (χ2v) is 4.90. The van der Waals surface area contributed by atoms with E-state index >= 15 is 0 Å². The Balaban J connectivity index is 3.09. The van der Waals surface area contributed by atoms with Crippen LogP contribution in [0.5, 0.6) is 0 Å². The Morgan fingerprint density at radius 1 is 1.56 bits per heavy atom.